The van der Waals surface area contributed by atoms with Crippen LogP contribution in [-0.4, -0.2) is 107 Å². The van der Waals surface area contributed by atoms with E-state index in [2.05, 4.69) is 25.3 Å². The summed E-state index contributed by atoms with van der Waals surface area (Å²) in [5.74, 6) is 1.36. The monoisotopic (exact) mass is 570 g/mol. The van der Waals surface area contributed by atoms with Crippen molar-refractivity contribution in [1.82, 2.24) is 24.6 Å². The van der Waals surface area contributed by atoms with E-state index in [0.717, 1.165) is 38.7 Å². The van der Waals surface area contributed by atoms with Crippen molar-refractivity contribution in [3.05, 3.63) is 18.0 Å². The number of piperazine rings is 1. The molecular formula is C19H35IN6O4S. The second kappa shape index (κ2) is 12.9. The Morgan fingerprint density at radius 3 is 2.55 bits per heavy atom. The summed E-state index contributed by atoms with van der Waals surface area (Å²) in [6, 6.07) is 1.58. The van der Waals surface area contributed by atoms with Crippen molar-refractivity contribution in [3.63, 3.8) is 0 Å². The Balaban J connectivity index is 0.00000341. The maximum Gasteiger partial charge on any atom is 0.220 e. The van der Waals surface area contributed by atoms with Gasteiger partial charge in [0.15, 0.2) is 5.96 Å². The van der Waals surface area contributed by atoms with Crippen LogP contribution >= 0.6 is 24.0 Å². The molecule has 1 aromatic rings. The number of piperidine rings is 1. The van der Waals surface area contributed by atoms with Crippen molar-refractivity contribution in [2.75, 3.05) is 73.1 Å². The van der Waals surface area contributed by atoms with E-state index in [4.69, 9.17) is 9.26 Å². The summed E-state index contributed by atoms with van der Waals surface area (Å²) in [6.07, 6.45) is 3.73. The van der Waals surface area contributed by atoms with Gasteiger partial charge in [-0.3, -0.25) is 4.99 Å². The molecule has 178 valence electrons. The maximum absolute atomic E-state index is 12.6. The number of sulfonamides is 1. The molecule has 0 radical (unpaired) electrons. The van der Waals surface area contributed by atoms with Crippen molar-refractivity contribution in [1.29, 1.82) is 0 Å². The first-order chi connectivity index (χ1) is 14.5. The molecule has 2 aliphatic rings. The Hall–Kier alpha value is -0.960. The molecule has 0 atom stereocenters. The zero-order chi connectivity index (χ0) is 21.4. The molecule has 0 saturated carbocycles. The Morgan fingerprint density at radius 2 is 1.97 bits per heavy atom. The number of ether oxygens (including phenoxy) is 1. The lowest BCUT2D eigenvalue weighted by molar-refractivity contribution is 0.120. The van der Waals surface area contributed by atoms with Crippen LogP contribution < -0.4 is 5.32 Å². The fourth-order valence-corrected chi connectivity index (χ4v) is 5.40. The van der Waals surface area contributed by atoms with Gasteiger partial charge in [0.2, 0.25) is 10.0 Å². The van der Waals surface area contributed by atoms with Gasteiger partial charge in [0.25, 0.3) is 0 Å². The first-order valence-electron chi connectivity index (χ1n) is 10.6. The van der Waals surface area contributed by atoms with Crippen LogP contribution in [0.3, 0.4) is 0 Å². The van der Waals surface area contributed by atoms with E-state index in [0.29, 0.717) is 37.8 Å². The zero-order valence-corrected chi connectivity index (χ0v) is 21.5. The van der Waals surface area contributed by atoms with E-state index in [-0.39, 0.29) is 29.7 Å². The summed E-state index contributed by atoms with van der Waals surface area (Å²) in [4.78, 5) is 9.00. The molecule has 1 aromatic heterocycles. The molecule has 0 aromatic carbocycles. The van der Waals surface area contributed by atoms with Crippen LogP contribution in [-0.2, 0) is 20.5 Å². The largest absolute Gasteiger partial charge is 0.383 e. The Morgan fingerprint density at radius 1 is 1.26 bits per heavy atom. The SMILES string of the molecule is CN=C(NCC1CCN(CCOC)CC1)N1CCN(S(=O)(=O)Cc2ccon2)CC1.I. The number of likely N-dealkylation sites (tertiary alicyclic amines) is 1. The molecule has 2 aliphatic heterocycles. The quantitative estimate of drug-likeness (QED) is 0.277. The van der Waals surface area contributed by atoms with E-state index >= 15 is 0 Å². The van der Waals surface area contributed by atoms with Gasteiger partial charge in [0.05, 0.1) is 12.3 Å². The van der Waals surface area contributed by atoms with E-state index in [1.54, 1.807) is 20.2 Å². The van der Waals surface area contributed by atoms with Crippen LogP contribution in [0.2, 0.25) is 0 Å². The standard InChI is InChI=1S/C19H34N6O4S.HI/c1-20-19(21-15-17-3-6-23(7-4-17)12-14-28-2)24-8-10-25(11-9-24)30(26,27)16-18-5-13-29-22-18;/h5,13,17H,3-4,6-12,14-16H2,1-2H3,(H,20,21);1H. The van der Waals surface area contributed by atoms with Gasteiger partial charge in [-0.25, -0.2) is 8.42 Å². The van der Waals surface area contributed by atoms with Gasteiger partial charge in [-0.1, -0.05) is 5.16 Å². The normalized spacial score (nSPS) is 19.9. The minimum Gasteiger partial charge on any atom is -0.383 e. The summed E-state index contributed by atoms with van der Waals surface area (Å²) >= 11 is 0. The Labute approximate surface area is 202 Å². The molecule has 0 spiro atoms. The number of guanidine groups is 1. The van der Waals surface area contributed by atoms with Crippen LogP contribution in [0, 0.1) is 5.92 Å². The van der Waals surface area contributed by atoms with Gasteiger partial charge in [-0.05, 0) is 31.8 Å². The van der Waals surface area contributed by atoms with Crippen LogP contribution in [0.5, 0.6) is 0 Å². The minimum atomic E-state index is -3.39. The van der Waals surface area contributed by atoms with Crippen molar-refractivity contribution < 1.29 is 17.7 Å². The van der Waals surface area contributed by atoms with Gasteiger partial charge in [0, 0.05) is 59.5 Å². The fourth-order valence-electron chi connectivity index (χ4n) is 3.97. The van der Waals surface area contributed by atoms with Crippen LogP contribution in [0.4, 0.5) is 0 Å². The highest BCUT2D eigenvalue weighted by Gasteiger charge is 2.29. The maximum atomic E-state index is 12.6. The van der Waals surface area contributed by atoms with Gasteiger partial charge in [-0.2, -0.15) is 4.31 Å². The fraction of sp³-hybridized carbons (Fsp3) is 0.789. The molecule has 12 heteroatoms. The highest BCUT2D eigenvalue weighted by Crippen LogP contribution is 2.17. The number of nitrogens with zero attached hydrogens (tertiary/aromatic N) is 5. The third kappa shape index (κ3) is 7.84. The lowest BCUT2D eigenvalue weighted by Crippen LogP contribution is -2.54. The second-order valence-electron chi connectivity index (χ2n) is 7.84. The molecule has 0 amide bonds. The molecule has 10 nitrogen and oxygen atoms in total. The molecule has 1 N–H and O–H groups in total. The minimum absolute atomic E-state index is 0. The highest BCUT2D eigenvalue weighted by atomic mass is 127. The topological polar surface area (TPSA) is 104 Å². The summed E-state index contributed by atoms with van der Waals surface area (Å²) in [5, 5.41) is 7.21. The number of methoxy groups -OCH3 is 1. The van der Waals surface area contributed by atoms with E-state index in [1.807, 2.05) is 0 Å². The molecule has 2 saturated heterocycles. The smallest absolute Gasteiger partial charge is 0.220 e. The molecule has 0 bridgehead atoms. The lowest BCUT2D eigenvalue weighted by Gasteiger charge is -2.37. The van der Waals surface area contributed by atoms with Gasteiger partial charge >= 0.3 is 0 Å². The van der Waals surface area contributed by atoms with Crippen molar-refractivity contribution in [2.45, 2.75) is 18.6 Å². The number of halogens is 1. The Bertz CT molecular complexity index is 760. The van der Waals surface area contributed by atoms with Crippen molar-refractivity contribution in [3.8, 4) is 0 Å². The van der Waals surface area contributed by atoms with Crippen LogP contribution in [0.15, 0.2) is 21.8 Å². The molecule has 0 aliphatic carbocycles. The van der Waals surface area contributed by atoms with E-state index in [9.17, 15) is 8.42 Å². The van der Waals surface area contributed by atoms with Gasteiger partial charge in [0.1, 0.15) is 12.0 Å². The second-order valence-corrected chi connectivity index (χ2v) is 9.81. The molecule has 3 heterocycles. The summed E-state index contributed by atoms with van der Waals surface area (Å²) in [7, 11) is 0.132. The molecule has 31 heavy (non-hydrogen) atoms. The predicted octanol–water partition coefficient (Wildman–Crippen LogP) is 0.674. The predicted molar refractivity (Wildman–Crippen MR) is 130 cm³/mol. The average Bonchev–Trinajstić information content (AvgIpc) is 3.26. The Kier molecular flexibility index (Phi) is 11.0. The number of hydrogen-bond donors (Lipinski definition) is 1. The first kappa shape index (κ1) is 26.3. The third-order valence-electron chi connectivity index (χ3n) is 5.83. The number of rotatable bonds is 8. The van der Waals surface area contributed by atoms with Crippen molar-refractivity contribution in [2.24, 2.45) is 10.9 Å². The summed E-state index contributed by atoms with van der Waals surface area (Å²) < 4.78 is 36.6. The van der Waals surface area contributed by atoms with Crippen LogP contribution in [0.1, 0.15) is 18.5 Å². The van der Waals surface area contributed by atoms with Crippen molar-refractivity contribution >= 4 is 40.0 Å². The average molecular weight is 570 g/mol. The number of aliphatic imine (C=N–C) groups is 1. The molecule has 3 rings (SSSR count). The van der Waals surface area contributed by atoms with Gasteiger partial charge in [-0.15, -0.1) is 24.0 Å². The van der Waals surface area contributed by atoms with Gasteiger partial charge < -0.3 is 24.4 Å². The zero-order valence-electron chi connectivity index (χ0n) is 18.4. The third-order valence-corrected chi connectivity index (χ3v) is 7.65. The molecule has 0 unspecified atom stereocenters. The number of aromatic nitrogens is 1. The molecule has 2 fully saturated rings. The van der Waals surface area contributed by atoms with E-state index in [1.165, 1.54) is 23.4 Å². The number of nitrogens with one attached hydrogen (secondary N) is 1. The molecular weight excluding hydrogens is 535 g/mol. The van der Waals surface area contributed by atoms with E-state index < -0.39 is 10.0 Å². The summed E-state index contributed by atoms with van der Waals surface area (Å²) in [6.45, 7) is 7.03. The highest BCUT2D eigenvalue weighted by molar-refractivity contribution is 14.0. The van der Waals surface area contributed by atoms with Crippen LogP contribution in [0.25, 0.3) is 0 Å². The lowest BCUT2D eigenvalue weighted by atomic mass is 9.97. The number of hydrogen-bond acceptors (Lipinski definition) is 7. The first-order valence-corrected chi connectivity index (χ1v) is 12.2. The summed E-state index contributed by atoms with van der Waals surface area (Å²) in [5.41, 5.74) is 0.433.